The predicted molar refractivity (Wildman–Crippen MR) is 131 cm³/mol. The van der Waals surface area contributed by atoms with Gasteiger partial charge in [0, 0.05) is 18.7 Å². The molecule has 0 bridgehead atoms. The van der Waals surface area contributed by atoms with E-state index in [1.54, 1.807) is 24.3 Å². The van der Waals surface area contributed by atoms with Crippen LogP contribution in [0.3, 0.4) is 0 Å². The summed E-state index contributed by atoms with van der Waals surface area (Å²) in [5, 5.41) is 6.75. The van der Waals surface area contributed by atoms with Crippen LogP contribution in [0.25, 0.3) is 10.2 Å². The smallest absolute Gasteiger partial charge is 0.151 e. The minimum Gasteiger partial charge on any atom is -0.487 e. The van der Waals surface area contributed by atoms with Crippen molar-refractivity contribution in [3.63, 3.8) is 0 Å². The Kier molecular flexibility index (Phi) is 6.59. The van der Waals surface area contributed by atoms with Crippen LogP contribution in [0.4, 0.5) is 20.3 Å². The Balaban J connectivity index is 1.30. The Hall–Kier alpha value is -3.25. The van der Waals surface area contributed by atoms with Crippen molar-refractivity contribution in [1.29, 1.82) is 0 Å². The van der Waals surface area contributed by atoms with Crippen molar-refractivity contribution in [3.8, 4) is 17.6 Å². The highest BCUT2D eigenvalue weighted by atomic mass is 35.5. The summed E-state index contributed by atoms with van der Waals surface area (Å²) in [5.74, 6) is 7.02. The molecule has 3 heterocycles. The van der Waals surface area contributed by atoms with Crippen LogP contribution in [0.15, 0.2) is 54.9 Å². The molecule has 34 heavy (non-hydrogen) atoms. The van der Waals surface area contributed by atoms with E-state index in [1.165, 1.54) is 29.8 Å². The second kappa shape index (κ2) is 9.94. The summed E-state index contributed by atoms with van der Waals surface area (Å²) in [4.78, 5) is 9.53. The van der Waals surface area contributed by atoms with Crippen LogP contribution in [0, 0.1) is 17.7 Å². The van der Waals surface area contributed by atoms with E-state index >= 15 is 0 Å². The third-order valence-electron chi connectivity index (χ3n) is 5.24. The molecule has 0 aliphatic carbocycles. The molecule has 1 saturated heterocycles. The van der Waals surface area contributed by atoms with Crippen molar-refractivity contribution >= 4 is 44.7 Å². The Labute approximate surface area is 204 Å². The molecule has 2 atom stereocenters. The first-order valence-corrected chi connectivity index (χ1v) is 11.8. The lowest BCUT2D eigenvalue weighted by Crippen LogP contribution is -2.19. The highest BCUT2D eigenvalue weighted by Crippen LogP contribution is 2.33. The fraction of sp³-hybridized carbons (Fsp3) is 0.200. The molecule has 0 radical (unpaired) electrons. The fourth-order valence-electron chi connectivity index (χ4n) is 3.59. The van der Waals surface area contributed by atoms with Crippen molar-refractivity contribution in [2.75, 3.05) is 11.9 Å². The van der Waals surface area contributed by atoms with Crippen LogP contribution in [0.5, 0.6) is 5.75 Å². The number of alkyl halides is 1. The molecule has 5 nitrogen and oxygen atoms in total. The molecule has 1 fully saturated rings. The van der Waals surface area contributed by atoms with Gasteiger partial charge < -0.3 is 15.4 Å². The van der Waals surface area contributed by atoms with E-state index in [4.69, 9.17) is 16.3 Å². The molecule has 1 aliphatic heterocycles. The van der Waals surface area contributed by atoms with Crippen molar-refractivity contribution in [2.24, 2.45) is 0 Å². The Bertz CT molecular complexity index is 1400. The number of aromatic nitrogens is 2. The average Bonchev–Trinajstić information content (AvgIpc) is 3.43. The van der Waals surface area contributed by atoms with Crippen molar-refractivity contribution in [3.05, 3.63) is 76.1 Å². The minimum atomic E-state index is -0.840. The Morgan fingerprint density at radius 2 is 2.12 bits per heavy atom. The second-order valence-electron chi connectivity index (χ2n) is 7.80. The lowest BCUT2D eigenvalue weighted by atomic mass is 10.2. The summed E-state index contributed by atoms with van der Waals surface area (Å²) >= 11 is 7.88. The fourth-order valence-corrected chi connectivity index (χ4v) is 4.74. The van der Waals surface area contributed by atoms with Gasteiger partial charge in [-0.2, -0.15) is 0 Å². The summed E-state index contributed by atoms with van der Waals surface area (Å²) in [6.45, 7) is 0.556. The van der Waals surface area contributed by atoms with Gasteiger partial charge in [0.2, 0.25) is 0 Å². The standard InChI is InChI=1S/C25H19ClF2N4OS/c26-21-10-19(5-7-23(21)33-13-15-2-1-3-16(27)8-15)32-25-24-22(30-14-31-25)11-20(34-24)6-4-18-9-17(28)12-29-18/h1-3,5,7-8,10-11,14,17-18,29H,9,12-13H2,(H,30,31,32)/t17-,18?/m0/s1. The maximum Gasteiger partial charge on any atom is 0.151 e. The quantitative estimate of drug-likeness (QED) is 0.339. The largest absolute Gasteiger partial charge is 0.487 e. The molecule has 172 valence electrons. The molecule has 2 aromatic carbocycles. The van der Waals surface area contributed by atoms with E-state index in [0.29, 0.717) is 35.1 Å². The van der Waals surface area contributed by atoms with Gasteiger partial charge in [0.25, 0.3) is 0 Å². The number of benzene rings is 2. The zero-order chi connectivity index (χ0) is 23.5. The van der Waals surface area contributed by atoms with E-state index in [1.807, 2.05) is 12.1 Å². The van der Waals surface area contributed by atoms with E-state index in [0.717, 1.165) is 20.8 Å². The maximum atomic E-state index is 13.3. The van der Waals surface area contributed by atoms with Gasteiger partial charge in [-0.05, 0) is 42.0 Å². The number of ether oxygens (including phenoxy) is 1. The first-order chi connectivity index (χ1) is 16.5. The molecule has 0 saturated carbocycles. The molecule has 4 aromatic rings. The molecular weight excluding hydrogens is 478 g/mol. The topological polar surface area (TPSA) is 59.1 Å². The summed E-state index contributed by atoms with van der Waals surface area (Å²) in [7, 11) is 0. The highest BCUT2D eigenvalue weighted by Gasteiger charge is 2.21. The van der Waals surface area contributed by atoms with Crippen LogP contribution in [0.2, 0.25) is 5.02 Å². The molecule has 5 rings (SSSR count). The van der Waals surface area contributed by atoms with Gasteiger partial charge in [-0.15, -0.1) is 11.3 Å². The van der Waals surface area contributed by atoms with Crippen molar-refractivity contribution in [2.45, 2.75) is 25.2 Å². The van der Waals surface area contributed by atoms with Crippen LogP contribution < -0.4 is 15.4 Å². The molecule has 1 unspecified atom stereocenters. The van der Waals surface area contributed by atoms with Gasteiger partial charge >= 0.3 is 0 Å². The summed E-state index contributed by atoms with van der Waals surface area (Å²) < 4.78 is 33.3. The SMILES string of the molecule is Fc1cccc(COc2ccc(Nc3ncnc4cc(C#CC5C[C@H](F)CN5)sc34)cc2Cl)c1. The number of thiophene rings is 1. The lowest BCUT2D eigenvalue weighted by Gasteiger charge is -2.11. The van der Waals surface area contributed by atoms with Crippen LogP contribution in [-0.4, -0.2) is 28.7 Å². The highest BCUT2D eigenvalue weighted by molar-refractivity contribution is 7.20. The van der Waals surface area contributed by atoms with Gasteiger partial charge in [-0.3, -0.25) is 0 Å². The zero-order valence-corrected chi connectivity index (χ0v) is 19.4. The monoisotopic (exact) mass is 496 g/mol. The molecule has 2 N–H and O–H groups in total. The van der Waals surface area contributed by atoms with E-state index in [9.17, 15) is 8.78 Å². The van der Waals surface area contributed by atoms with Gasteiger partial charge in [-0.25, -0.2) is 18.7 Å². The Morgan fingerprint density at radius 1 is 1.21 bits per heavy atom. The zero-order valence-electron chi connectivity index (χ0n) is 17.8. The molecule has 9 heteroatoms. The molecule has 0 spiro atoms. The number of fused-ring (bicyclic) bond motifs is 1. The van der Waals surface area contributed by atoms with Crippen LogP contribution >= 0.6 is 22.9 Å². The van der Waals surface area contributed by atoms with Gasteiger partial charge in [0.05, 0.1) is 26.2 Å². The second-order valence-corrected chi connectivity index (χ2v) is 9.26. The first kappa shape index (κ1) is 22.5. The van der Waals surface area contributed by atoms with Gasteiger partial charge in [0.1, 0.15) is 30.7 Å². The third-order valence-corrected chi connectivity index (χ3v) is 6.58. The number of hydrogen-bond acceptors (Lipinski definition) is 6. The number of nitrogens with zero attached hydrogens (tertiary/aromatic N) is 2. The van der Waals surface area contributed by atoms with Crippen LogP contribution in [0.1, 0.15) is 16.9 Å². The molecule has 1 aliphatic rings. The minimum absolute atomic E-state index is 0.132. The van der Waals surface area contributed by atoms with E-state index < -0.39 is 6.17 Å². The number of anilines is 2. The van der Waals surface area contributed by atoms with Crippen molar-refractivity contribution < 1.29 is 13.5 Å². The predicted octanol–water partition coefficient (Wildman–Crippen LogP) is 5.86. The van der Waals surface area contributed by atoms with Crippen LogP contribution in [-0.2, 0) is 6.61 Å². The van der Waals surface area contributed by atoms with E-state index in [2.05, 4.69) is 32.4 Å². The first-order valence-electron chi connectivity index (χ1n) is 10.6. The Morgan fingerprint density at radius 3 is 2.91 bits per heavy atom. The molecular formula is C25H19ClF2N4OS. The molecule has 2 aromatic heterocycles. The van der Waals surface area contributed by atoms with Gasteiger partial charge in [-0.1, -0.05) is 35.6 Å². The maximum absolute atomic E-state index is 13.3. The average molecular weight is 497 g/mol. The summed E-state index contributed by atoms with van der Waals surface area (Å²) in [6.07, 6.45) is 1.06. The van der Waals surface area contributed by atoms with Crippen molar-refractivity contribution in [1.82, 2.24) is 15.3 Å². The lowest BCUT2D eigenvalue weighted by molar-refractivity contribution is 0.306. The number of rotatable bonds is 5. The summed E-state index contributed by atoms with van der Waals surface area (Å²) in [6, 6.07) is 13.3. The third kappa shape index (κ3) is 5.28. The number of nitrogens with one attached hydrogen (secondary N) is 2. The van der Waals surface area contributed by atoms with E-state index in [-0.39, 0.29) is 18.5 Å². The number of halogens is 3. The molecule has 0 amide bonds. The normalized spacial score (nSPS) is 17.4. The summed E-state index contributed by atoms with van der Waals surface area (Å²) in [5.41, 5.74) is 2.22. The van der Waals surface area contributed by atoms with Gasteiger partial charge in [0.15, 0.2) is 5.82 Å². The number of hydrogen-bond donors (Lipinski definition) is 2.